The van der Waals surface area contributed by atoms with Gasteiger partial charge in [-0.3, -0.25) is 4.21 Å². The molecule has 1 unspecified atom stereocenters. The molecule has 4 heteroatoms. The fourth-order valence-corrected chi connectivity index (χ4v) is 3.53. The second kappa shape index (κ2) is 6.55. The van der Waals surface area contributed by atoms with Crippen molar-refractivity contribution in [3.8, 4) is 0 Å². The first-order valence-electron chi connectivity index (χ1n) is 6.49. The first kappa shape index (κ1) is 15.3. The minimum Gasteiger partial charge on any atom is -0.398 e. The molecule has 2 aromatic rings. The summed E-state index contributed by atoms with van der Waals surface area (Å²) in [4.78, 5) is 0.695. The Bertz CT molecular complexity index is 623. The molecular weight excluding hydrogens is 334 g/mol. The summed E-state index contributed by atoms with van der Waals surface area (Å²) in [5.74, 6) is 1.00. The third-order valence-electron chi connectivity index (χ3n) is 3.16. The summed E-state index contributed by atoms with van der Waals surface area (Å²) in [7, 11) is -1.12. The lowest BCUT2D eigenvalue weighted by molar-refractivity contribution is 0.683. The fraction of sp³-hybridized carbons (Fsp3) is 0.250. The van der Waals surface area contributed by atoms with Gasteiger partial charge in [0.2, 0.25) is 0 Å². The lowest BCUT2D eigenvalue weighted by Gasteiger charge is -2.08. The SMILES string of the molecule is CC(C)c1ccc(CS(=O)c2ccc(Br)cc2N)cc1. The summed E-state index contributed by atoms with van der Waals surface area (Å²) in [6.45, 7) is 4.32. The van der Waals surface area contributed by atoms with Crippen molar-refractivity contribution in [1.29, 1.82) is 0 Å². The fourth-order valence-electron chi connectivity index (χ4n) is 1.95. The molecule has 0 aliphatic heterocycles. The largest absolute Gasteiger partial charge is 0.398 e. The van der Waals surface area contributed by atoms with Crippen molar-refractivity contribution >= 4 is 32.4 Å². The molecule has 20 heavy (non-hydrogen) atoms. The average Bonchev–Trinajstić information content (AvgIpc) is 2.39. The molecule has 0 fully saturated rings. The molecule has 0 bridgehead atoms. The van der Waals surface area contributed by atoms with E-state index in [4.69, 9.17) is 5.73 Å². The molecule has 2 N–H and O–H groups in total. The highest BCUT2D eigenvalue weighted by Crippen LogP contribution is 2.24. The zero-order chi connectivity index (χ0) is 14.7. The van der Waals surface area contributed by atoms with E-state index in [9.17, 15) is 4.21 Å². The third kappa shape index (κ3) is 3.70. The number of halogens is 1. The van der Waals surface area contributed by atoms with Crippen molar-refractivity contribution in [3.63, 3.8) is 0 Å². The lowest BCUT2D eigenvalue weighted by atomic mass is 10.0. The Labute approximate surface area is 131 Å². The summed E-state index contributed by atoms with van der Waals surface area (Å²) in [6, 6.07) is 13.8. The minimum absolute atomic E-state index is 0.490. The van der Waals surface area contributed by atoms with Crippen LogP contribution in [0.4, 0.5) is 5.69 Å². The van der Waals surface area contributed by atoms with Crippen LogP contribution in [0, 0.1) is 0 Å². The second-order valence-electron chi connectivity index (χ2n) is 5.07. The smallest absolute Gasteiger partial charge is 0.0621 e. The van der Waals surface area contributed by atoms with Gasteiger partial charge in [0.1, 0.15) is 0 Å². The van der Waals surface area contributed by atoms with Crippen molar-refractivity contribution in [2.24, 2.45) is 0 Å². The van der Waals surface area contributed by atoms with Crippen LogP contribution in [0.15, 0.2) is 51.8 Å². The van der Waals surface area contributed by atoms with E-state index in [0.717, 1.165) is 10.0 Å². The van der Waals surface area contributed by atoms with Crippen molar-refractivity contribution < 1.29 is 4.21 Å². The van der Waals surface area contributed by atoms with Crippen LogP contribution in [0.2, 0.25) is 0 Å². The standard InChI is InChI=1S/C16H18BrNOS/c1-11(2)13-5-3-12(4-6-13)10-20(19)16-8-7-14(17)9-15(16)18/h3-9,11H,10,18H2,1-2H3. The van der Waals surface area contributed by atoms with Gasteiger partial charge in [0.15, 0.2) is 0 Å². The molecule has 1 atom stereocenters. The summed E-state index contributed by atoms with van der Waals surface area (Å²) in [5.41, 5.74) is 8.84. The minimum atomic E-state index is -1.12. The number of hydrogen-bond acceptors (Lipinski definition) is 2. The number of nitrogens with two attached hydrogens (primary N) is 1. The van der Waals surface area contributed by atoms with Gasteiger partial charge in [0.25, 0.3) is 0 Å². The highest BCUT2D eigenvalue weighted by Gasteiger charge is 2.09. The van der Waals surface area contributed by atoms with Gasteiger partial charge in [-0.05, 0) is 35.2 Å². The Morgan fingerprint density at radius 2 is 1.80 bits per heavy atom. The van der Waals surface area contributed by atoms with Gasteiger partial charge in [-0.15, -0.1) is 0 Å². The van der Waals surface area contributed by atoms with Crippen LogP contribution in [0.25, 0.3) is 0 Å². The van der Waals surface area contributed by atoms with E-state index in [-0.39, 0.29) is 0 Å². The van der Waals surface area contributed by atoms with Crippen molar-refractivity contribution in [1.82, 2.24) is 0 Å². The van der Waals surface area contributed by atoms with E-state index < -0.39 is 10.8 Å². The van der Waals surface area contributed by atoms with E-state index in [1.165, 1.54) is 5.56 Å². The normalized spacial score (nSPS) is 12.6. The summed E-state index contributed by atoms with van der Waals surface area (Å²) < 4.78 is 13.3. The maximum atomic E-state index is 12.4. The quantitative estimate of drug-likeness (QED) is 0.826. The van der Waals surface area contributed by atoms with Crippen LogP contribution in [-0.4, -0.2) is 4.21 Å². The predicted molar refractivity (Wildman–Crippen MR) is 89.2 cm³/mol. The molecule has 0 radical (unpaired) electrons. The first-order valence-corrected chi connectivity index (χ1v) is 8.61. The maximum Gasteiger partial charge on any atom is 0.0621 e. The number of nitrogen functional groups attached to an aromatic ring is 1. The molecule has 0 saturated heterocycles. The Hall–Kier alpha value is -1.13. The molecule has 0 aliphatic carbocycles. The molecule has 0 aliphatic rings. The zero-order valence-electron chi connectivity index (χ0n) is 11.6. The summed E-state index contributed by atoms with van der Waals surface area (Å²) in [5, 5.41) is 0. The molecule has 0 heterocycles. The molecule has 0 aromatic heterocycles. The highest BCUT2D eigenvalue weighted by molar-refractivity contribution is 9.10. The summed E-state index contributed by atoms with van der Waals surface area (Å²) in [6.07, 6.45) is 0. The second-order valence-corrected chi connectivity index (χ2v) is 7.40. The monoisotopic (exact) mass is 351 g/mol. The van der Waals surface area contributed by atoms with Gasteiger partial charge in [-0.1, -0.05) is 54.0 Å². The van der Waals surface area contributed by atoms with E-state index in [1.54, 1.807) is 6.07 Å². The molecule has 2 aromatic carbocycles. The van der Waals surface area contributed by atoms with Crippen LogP contribution in [0.1, 0.15) is 30.9 Å². The Balaban J connectivity index is 2.15. The Kier molecular flexibility index (Phi) is 5.00. The number of rotatable bonds is 4. The molecule has 0 spiro atoms. The Morgan fingerprint density at radius 1 is 1.15 bits per heavy atom. The van der Waals surface area contributed by atoms with E-state index in [0.29, 0.717) is 22.3 Å². The number of benzene rings is 2. The van der Waals surface area contributed by atoms with Gasteiger partial charge < -0.3 is 5.73 Å². The van der Waals surface area contributed by atoms with E-state index in [2.05, 4.69) is 41.9 Å². The highest BCUT2D eigenvalue weighted by atomic mass is 79.9. The van der Waals surface area contributed by atoms with Crippen LogP contribution >= 0.6 is 15.9 Å². The maximum absolute atomic E-state index is 12.4. The lowest BCUT2D eigenvalue weighted by Crippen LogP contribution is -2.01. The Morgan fingerprint density at radius 3 is 2.35 bits per heavy atom. The molecule has 2 rings (SSSR count). The molecule has 0 amide bonds. The summed E-state index contributed by atoms with van der Waals surface area (Å²) >= 11 is 3.35. The topological polar surface area (TPSA) is 43.1 Å². The van der Waals surface area contributed by atoms with Crippen molar-refractivity contribution in [3.05, 3.63) is 58.1 Å². The zero-order valence-corrected chi connectivity index (χ0v) is 14.0. The van der Waals surface area contributed by atoms with E-state index >= 15 is 0 Å². The number of hydrogen-bond donors (Lipinski definition) is 1. The van der Waals surface area contributed by atoms with Gasteiger partial charge in [0, 0.05) is 10.2 Å². The molecule has 2 nitrogen and oxygen atoms in total. The van der Waals surface area contributed by atoms with Crippen molar-refractivity contribution in [2.75, 3.05) is 5.73 Å². The van der Waals surface area contributed by atoms with Crippen LogP contribution < -0.4 is 5.73 Å². The first-order chi connectivity index (χ1) is 9.47. The van der Waals surface area contributed by atoms with E-state index in [1.807, 2.05) is 24.3 Å². The predicted octanol–water partition coefficient (Wildman–Crippen LogP) is 4.46. The van der Waals surface area contributed by atoms with Crippen LogP contribution in [-0.2, 0) is 16.6 Å². The average molecular weight is 352 g/mol. The van der Waals surface area contributed by atoms with Gasteiger partial charge in [-0.2, -0.15) is 0 Å². The third-order valence-corrected chi connectivity index (χ3v) is 5.11. The van der Waals surface area contributed by atoms with Gasteiger partial charge >= 0.3 is 0 Å². The van der Waals surface area contributed by atoms with Gasteiger partial charge in [-0.25, -0.2) is 0 Å². The molecular formula is C16H18BrNOS. The van der Waals surface area contributed by atoms with Crippen LogP contribution in [0.5, 0.6) is 0 Å². The van der Waals surface area contributed by atoms with Crippen LogP contribution in [0.3, 0.4) is 0 Å². The molecule has 106 valence electrons. The molecule has 0 saturated carbocycles. The van der Waals surface area contributed by atoms with Crippen molar-refractivity contribution in [2.45, 2.75) is 30.4 Å². The number of anilines is 1. The van der Waals surface area contributed by atoms with Gasteiger partial charge in [0.05, 0.1) is 21.4 Å².